The van der Waals surface area contributed by atoms with Gasteiger partial charge >= 0.3 is 19.5 Å². The first-order chi connectivity index (χ1) is 14.5. The Morgan fingerprint density at radius 2 is 1.53 bits per heavy atom. The van der Waals surface area contributed by atoms with Crippen molar-refractivity contribution in [1.29, 1.82) is 0 Å². The van der Waals surface area contributed by atoms with Crippen molar-refractivity contribution in [2.45, 2.75) is 44.7 Å². The zero-order valence-corrected chi connectivity index (χ0v) is 17.8. The molecule has 1 unspecified atom stereocenters. The lowest BCUT2D eigenvalue weighted by molar-refractivity contribution is -0.160. The Balaban J connectivity index is 1.69. The maximum atomic E-state index is 13.5. The maximum absolute atomic E-state index is 13.5. The zero-order chi connectivity index (χ0) is 21.4. The van der Waals surface area contributed by atoms with E-state index in [1.807, 2.05) is 60.7 Å². The van der Waals surface area contributed by atoms with Crippen molar-refractivity contribution in [3.63, 3.8) is 0 Å². The fourth-order valence-corrected chi connectivity index (χ4v) is 4.50. The van der Waals surface area contributed by atoms with E-state index in [0.717, 1.165) is 17.5 Å². The molecule has 0 aromatic heterocycles. The number of ether oxygens (including phenoxy) is 1. The molecule has 0 spiro atoms. The lowest BCUT2D eigenvalue weighted by Gasteiger charge is -2.23. The molecule has 1 aliphatic rings. The summed E-state index contributed by atoms with van der Waals surface area (Å²) in [4.78, 5) is 24.7. The van der Waals surface area contributed by atoms with Gasteiger partial charge in [0, 0.05) is 0 Å². The molecule has 160 valence electrons. The van der Waals surface area contributed by atoms with Crippen LogP contribution in [0.4, 0.5) is 0 Å². The van der Waals surface area contributed by atoms with E-state index in [0.29, 0.717) is 13.0 Å². The van der Waals surface area contributed by atoms with Crippen molar-refractivity contribution in [3.8, 4) is 0 Å². The van der Waals surface area contributed by atoms with Gasteiger partial charge in [-0.25, -0.2) is 4.79 Å². The summed E-state index contributed by atoms with van der Waals surface area (Å²) in [6.07, 6.45) is 1.44. The smallest absolute Gasteiger partial charge is 0.345 e. The van der Waals surface area contributed by atoms with Crippen molar-refractivity contribution in [2.75, 3.05) is 6.54 Å². The minimum atomic E-state index is -3.93. The molecule has 1 N–H and O–H groups in total. The van der Waals surface area contributed by atoms with Crippen LogP contribution in [0, 0.1) is 0 Å². The largest absolute Gasteiger partial charge is 0.391 e. The Morgan fingerprint density at radius 1 is 1.00 bits per heavy atom. The fraction of sp³-hybridized carbons (Fsp3) is 0.364. The Kier molecular flexibility index (Phi) is 7.94. The first-order valence-corrected chi connectivity index (χ1v) is 11.5. The molecule has 0 aliphatic carbocycles. The minimum Gasteiger partial charge on any atom is -0.391 e. The highest BCUT2D eigenvalue weighted by Crippen LogP contribution is 2.54. The average Bonchev–Trinajstić information content (AvgIpc) is 3.32. The molecule has 1 saturated heterocycles. The SMILES string of the molecule is CC(C(=O)OC(=O)[C@@H]1CCCN1)P(=O)(OCc1ccccc1)OCc1ccccc1. The molecule has 30 heavy (non-hydrogen) atoms. The van der Waals surface area contributed by atoms with Crippen LogP contribution in [0.1, 0.15) is 30.9 Å². The first-order valence-electron chi connectivity index (χ1n) is 9.93. The monoisotopic (exact) mass is 431 g/mol. The molecule has 1 heterocycles. The van der Waals surface area contributed by atoms with Gasteiger partial charge in [0.15, 0.2) is 5.66 Å². The van der Waals surface area contributed by atoms with Crippen molar-refractivity contribution >= 4 is 19.5 Å². The predicted molar refractivity (Wildman–Crippen MR) is 112 cm³/mol. The van der Waals surface area contributed by atoms with Crippen LogP contribution in [0.5, 0.6) is 0 Å². The summed E-state index contributed by atoms with van der Waals surface area (Å²) >= 11 is 0. The standard InChI is InChI=1S/C22H26NO6P/c1-17(21(24)29-22(25)20-13-8-14-23-20)30(26,27-15-18-9-4-2-5-10-18)28-16-19-11-6-3-7-12-19/h2-7,9-12,17,20,23H,8,13-16H2,1H3/t17?,20-/m0/s1. The molecule has 1 fully saturated rings. The number of esters is 2. The molecular weight excluding hydrogens is 405 g/mol. The molecule has 3 rings (SSSR count). The molecule has 2 atom stereocenters. The molecule has 0 radical (unpaired) electrons. The van der Waals surface area contributed by atoms with Gasteiger partial charge in [0.25, 0.3) is 0 Å². The van der Waals surface area contributed by atoms with Crippen LogP contribution in [0.15, 0.2) is 60.7 Å². The summed E-state index contributed by atoms with van der Waals surface area (Å²) in [5.74, 6) is -1.58. The van der Waals surface area contributed by atoms with Gasteiger partial charge in [-0.05, 0) is 37.4 Å². The van der Waals surface area contributed by atoms with Crippen LogP contribution in [0.25, 0.3) is 0 Å². The summed E-state index contributed by atoms with van der Waals surface area (Å²) in [6, 6.07) is 17.8. The van der Waals surface area contributed by atoms with E-state index in [2.05, 4.69) is 5.32 Å². The van der Waals surface area contributed by atoms with Gasteiger partial charge < -0.3 is 19.1 Å². The number of hydrogen-bond acceptors (Lipinski definition) is 7. The summed E-state index contributed by atoms with van der Waals surface area (Å²) < 4.78 is 29.8. The predicted octanol–water partition coefficient (Wildman–Crippen LogP) is 3.82. The number of rotatable bonds is 9. The van der Waals surface area contributed by atoms with Crippen LogP contribution in [-0.4, -0.2) is 30.2 Å². The second kappa shape index (κ2) is 10.6. The molecule has 8 heteroatoms. The lowest BCUT2D eigenvalue weighted by atomic mass is 10.2. The van der Waals surface area contributed by atoms with Crippen molar-refractivity contribution < 1.29 is 27.9 Å². The van der Waals surface area contributed by atoms with E-state index in [9.17, 15) is 14.2 Å². The van der Waals surface area contributed by atoms with E-state index in [1.165, 1.54) is 6.92 Å². The van der Waals surface area contributed by atoms with E-state index < -0.39 is 31.2 Å². The van der Waals surface area contributed by atoms with E-state index in [4.69, 9.17) is 13.8 Å². The third-order valence-corrected chi connectivity index (χ3v) is 7.01. The van der Waals surface area contributed by atoms with Gasteiger partial charge in [0.2, 0.25) is 0 Å². The Hall–Kier alpha value is -2.31. The summed E-state index contributed by atoms with van der Waals surface area (Å²) in [7, 11) is -3.93. The van der Waals surface area contributed by atoms with Gasteiger partial charge in [-0.15, -0.1) is 0 Å². The third kappa shape index (κ3) is 6.09. The van der Waals surface area contributed by atoms with E-state index >= 15 is 0 Å². The van der Waals surface area contributed by atoms with Gasteiger partial charge in [-0.1, -0.05) is 60.7 Å². The van der Waals surface area contributed by atoms with Crippen LogP contribution < -0.4 is 5.32 Å². The zero-order valence-electron chi connectivity index (χ0n) is 16.9. The summed E-state index contributed by atoms with van der Waals surface area (Å²) in [5, 5.41) is 2.97. The van der Waals surface area contributed by atoms with Gasteiger partial charge in [0.1, 0.15) is 6.04 Å². The van der Waals surface area contributed by atoms with Crippen LogP contribution in [0.2, 0.25) is 0 Å². The maximum Gasteiger partial charge on any atom is 0.345 e. The molecule has 0 amide bonds. The quantitative estimate of drug-likeness (QED) is 0.367. The molecule has 2 aromatic carbocycles. The molecule has 0 bridgehead atoms. The minimum absolute atomic E-state index is 0.00263. The van der Waals surface area contributed by atoms with Crippen LogP contribution in [0.3, 0.4) is 0 Å². The van der Waals surface area contributed by atoms with Gasteiger partial charge in [-0.3, -0.25) is 9.36 Å². The second-order valence-corrected chi connectivity index (χ2v) is 9.49. The molecule has 7 nitrogen and oxygen atoms in total. The highest BCUT2D eigenvalue weighted by molar-refractivity contribution is 7.55. The van der Waals surface area contributed by atoms with Crippen molar-refractivity contribution in [2.24, 2.45) is 0 Å². The third-order valence-electron chi connectivity index (χ3n) is 4.87. The number of hydrogen-bond donors (Lipinski definition) is 1. The van der Waals surface area contributed by atoms with Gasteiger partial charge in [0.05, 0.1) is 13.2 Å². The second-order valence-electron chi connectivity index (χ2n) is 7.12. The molecule has 1 aliphatic heterocycles. The number of nitrogens with one attached hydrogen (secondary N) is 1. The number of carbonyl (C=O) groups excluding carboxylic acids is 2. The number of benzene rings is 2. The van der Waals surface area contributed by atoms with Crippen LogP contribution in [-0.2, 0) is 41.2 Å². The van der Waals surface area contributed by atoms with Crippen molar-refractivity contribution in [1.82, 2.24) is 5.32 Å². The molecular formula is C22H26NO6P. The Labute approximate surface area is 176 Å². The average molecular weight is 431 g/mol. The molecule has 0 saturated carbocycles. The summed E-state index contributed by atoms with van der Waals surface area (Å²) in [6.45, 7) is 2.10. The Morgan fingerprint density at radius 3 is 2.00 bits per heavy atom. The lowest BCUT2D eigenvalue weighted by Crippen LogP contribution is -2.36. The Bertz CT molecular complexity index is 836. The highest BCUT2D eigenvalue weighted by Gasteiger charge is 2.41. The van der Waals surface area contributed by atoms with Crippen LogP contribution >= 0.6 is 7.60 Å². The van der Waals surface area contributed by atoms with E-state index in [1.54, 1.807) is 0 Å². The topological polar surface area (TPSA) is 90.9 Å². The van der Waals surface area contributed by atoms with E-state index in [-0.39, 0.29) is 13.2 Å². The molecule has 2 aromatic rings. The van der Waals surface area contributed by atoms with Gasteiger partial charge in [-0.2, -0.15) is 0 Å². The summed E-state index contributed by atoms with van der Waals surface area (Å²) in [5.41, 5.74) is 0.316. The fourth-order valence-electron chi connectivity index (χ4n) is 3.01. The normalized spacial score (nSPS) is 17.4. The number of carbonyl (C=O) groups is 2. The first kappa shape index (κ1) is 22.4. The highest BCUT2D eigenvalue weighted by atomic mass is 31.2. The van der Waals surface area contributed by atoms with Crippen molar-refractivity contribution in [3.05, 3.63) is 71.8 Å².